The summed E-state index contributed by atoms with van der Waals surface area (Å²) in [5.74, 6) is 0.00590. The van der Waals surface area contributed by atoms with Crippen molar-refractivity contribution in [2.24, 2.45) is 0 Å². The molecule has 1 aliphatic rings. The molecule has 4 heteroatoms. The van der Waals surface area contributed by atoms with Crippen molar-refractivity contribution in [1.29, 1.82) is 0 Å². The number of benzene rings is 2. The summed E-state index contributed by atoms with van der Waals surface area (Å²) in [7, 11) is 0. The first-order chi connectivity index (χ1) is 11.2. The van der Waals surface area contributed by atoms with Crippen LogP contribution < -0.4 is 5.32 Å². The zero-order valence-electron chi connectivity index (χ0n) is 13.4. The van der Waals surface area contributed by atoms with E-state index in [-0.39, 0.29) is 17.9 Å². The first-order valence-corrected chi connectivity index (χ1v) is 8.29. The molecular weight excluding hydrogens is 288 g/mol. The van der Waals surface area contributed by atoms with Crippen molar-refractivity contribution in [3.8, 4) is 0 Å². The number of carbonyl (C=O) groups excluding carboxylic acids is 2. The number of likely N-dealkylation sites (tertiary alicyclic amines) is 1. The molecule has 0 radical (unpaired) electrons. The average Bonchev–Trinajstić information content (AvgIpc) is 3.05. The van der Waals surface area contributed by atoms with Crippen LogP contribution in [0.4, 0.5) is 5.69 Å². The molecule has 120 valence electrons. The molecule has 1 N–H and O–H groups in total. The third-order valence-electron chi connectivity index (χ3n) is 4.39. The molecule has 23 heavy (non-hydrogen) atoms. The van der Waals surface area contributed by atoms with Crippen LogP contribution in [-0.2, 0) is 9.59 Å². The number of anilines is 1. The Morgan fingerprint density at radius 1 is 1.17 bits per heavy atom. The van der Waals surface area contributed by atoms with Crippen molar-refractivity contribution in [2.75, 3.05) is 11.9 Å². The minimum atomic E-state index is -0.340. The number of carbonyl (C=O) groups is 2. The number of nitrogens with one attached hydrogen (secondary N) is 1. The molecule has 1 fully saturated rings. The van der Waals surface area contributed by atoms with Gasteiger partial charge in [0.25, 0.3) is 0 Å². The summed E-state index contributed by atoms with van der Waals surface area (Å²) in [6.45, 7) is 2.67. The fourth-order valence-electron chi connectivity index (χ4n) is 3.25. The van der Waals surface area contributed by atoms with Crippen molar-refractivity contribution < 1.29 is 9.59 Å². The molecule has 0 saturated carbocycles. The summed E-state index contributed by atoms with van der Waals surface area (Å²) in [5, 5.41) is 5.14. The lowest BCUT2D eigenvalue weighted by Gasteiger charge is -2.24. The van der Waals surface area contributed by atoms with Gasteiger partial charge in [0.15, 0.2) is 0 Å². The van der Waals surface area contributed by atoms with Gasteiger partial charge in [0, 0.05) is 24.0 Å². The van der Waals surface area contributed by atoms with Crippen molar-refractivity contribution in [3.63, 3.8) is 0 Å². The molecule has 0 spiro atoms. The number of nitrogens with zero attached hydrogens (tertiary/aromatic N) is 1. The van der Waals surface area contributed by atoms with Gasteiger partial charge in [-0.3, -0.25) is 9.59 Å². The number of rotatable bonds is 4. The number of hydrogen-bond acceptors (Lipinski definition) is 2. The molecule has 0 bridgehead atoms. The molecule has 1 aliphatic heterocycles. The molecule has 4 nitrogen and oxygen atoms in total. The van der Waals surface area contributed by atoms with E-state index in [0.717, 1.165) is 35.7 Å². The first-order valence-electron chi connectivity index (χ1n) is 8.29. The van der Waals surface area contributed by atoms with Gasteiger partial charge >= 0.3 is 0 Å². The van der Waals surface area contributed by atoms with E-state index in [1.807, 2.05) is 49.4 Å². The highest BCUT2D eigenvalue weighted by Crippen LogP contribution is 2.25. The molecule has 0 aliphatic carbocycles. The summed E-state index contributed by atoms with van der Waals surface area (Å²) in [6.07, 6.45) is 2.96. The normalized spacial score (nSPS) is 17.4. The van der Waals surface area contributed by atoms with Crippen LogP contribution in [-0.4, -0.2) is 29.3 Å². The van der Waals surface area contributed by atoms with E-state index in [0.29, 0.717) is 13.0 Å². The van der Waals surface area contributed by atoms with Crippen molar-refractivity contribution in [1.82, 2.24) is 4.90 Å². The predicted octanol–water partition coefficient (Wildman–Crippen LogP) is 3.57. The van der Waals surface area contributed by atoms with E-state index in [9.17, 15) is 9.59 Å². The Hall–Kier alpha value is -2.36. The maximum atomic E-state index is 12.7. The summed E-state index contributed by atoms with van der Waals surface area (Å²) in [4.78, 5) is 26.6. The van der Waals surface area contributed by atoms with E-state index in [2.05, 4.69) is 5.32 Å². The van der Waals surface area contributed by atoms with Gasteiger partial charge in [-0.1, -0.05) is 43.3 Å². The number of fused-ring (bicyclic) bond motifs is 1. The van der Waals surface area contributed by atoms with E-state index in [1.54, 1.807) is 4.90 Å². The van der Waals surface area contributed by atoms with Gasteiger partial charge in [0.05, 0.1) is 0 Å². The molecular formula is C19H22N2O2. The van der Waals surface area contributed by atoms with Crippen LogP contribution in [0, 0.1) is 0 Å². The fourth-order valence-corrected chi connectivity index (χ4v) is 3.25. The Bertz CT molecular complexity index is 721. The largest absolute Gasteiger partial charge is 0.331 e. The highest BCUT2D eigenvalue weighted by atomic mass is 16.2. The summed E-state index contributed by atoms with van der Waals surface area (Å²) >= 11 is 0. The van der Waals surface area contributed by atoms with Crippen molar-refractivity contribution in [3.05, 3.63) is 42.5 Å². The Morgan fingerprint density at radius 2 is 1.96 bits per heavy atom. The van der Waals surface area contributed by atoms with E-state index in [4.69, 9.17) is 0 Å². The van der Waals surface area contributed by atoms with Crippen molar-refractivity contribution in [2.45, 2.75) is 38.6 Å². The van der Waals surface area contributed by atoms with Gasteiger partial charge in [-0.05, 0) is 30.7 Å². The SMILES string of the molecule is CCCC(=O)N1CCCC1C(=O)Nc1cccc2ccccc12. The minimum absolute atomic E-state index is 0.0803. The molecule has 1 atom stereocenters. The van der Waals surface area contributed by atoms with Gasteiger partial charge in [-0.25, -0.2) is 0 Å². The van der Waals surface area contributed by atoms with E-state index in [1.165, 1.54) is 0 Å². The Morgan fingerprint density at radius 3 is 2.78 bits per heavy atom. The van der Waals surface area contributed by atoms with E-state index >= 15 is 0 Å². The standard InChI is InChI=1S/C19H22N2O2/c1-2-7-18(22)21-13-6-12-17(21)19(23)20-16-11-5-9-14-8-3-4-10-15(14)16/h3-5,8-11,17H,2,6-7,12-13H2,1H3,(H,20,23). The molecule has 2 aromatic rings. The Balaban J connectivity index is 1.79. The molecule has 1 saturated heterocycles. The quantitative estimate of drug-likeness (QED) is 0.938. The molecule has 2 aromatic carbocycles. The second-order valence-electron chi connectivity index (χ2n) is 6.01. The fraction of sp³-hybridized carbons (Fsp3) is 0.368. The summed E-state index contributed by atoms with van der Waals surface area (Å²) in [6, 6.07) is 13.5. The lowest BCUT2D eigenvalue weighted by molar-refractivity contribution is -0.136. The topological polar surface area (TPSA) is 49.4 Å². The lowest BCUT2D eigenvalue weighted by atomic mass is 10.1. The maximum absolute atomic E-state index is 12.7. The van der Waals surface area contributed by atoms with Gasteiger partial charge in [0.2, 0.25) is 11.8 Å². The third kappa shape index (κ3) is 3.21. The van der Waals surface area contributed by atoms with Crippen LogP contribution in [0.1, 0.15) is 32.6 Å². The van der Waals surface area contributed by atoms with Crippen LogP contribution in [0.2, 0.25) is 0 Å². The molecule has 1 heterocycles. The van der Waals surface area contributed by atoms with Gasteiger partial charge in [0.1, 0.15) is 6.04 Å². The van der Waals surface area contributed by atoms with Gasteiger partial charge in [-0.15, -0.1) is 0 Å². The first kappa shape index (κ1) is 15.5. The zero-order chi connectivity index (χ0) is 16.2. The molecule has 1 unspecified atom stereocenters. The highest BCUT2D eigenvalue weighted by Gasteiger charge is 2.33. The lowest BCUT2D eigenvalue weighted by Crippen LogP contribution is -2.43. The Kier molecular flexibility index (Phi) is 4.60. The second kappa shape index (κ2) is 6.82. The molecule has 2 amide bonds. The zero-order valence-corrected chi connectivity index (χ0v) is 13.4. The highest BCUT2D eigenvalue weighted by molar-refractivity contribution is 6.04. The van der Waals surface area contributed by atoms with Crippen LogP contribution in [0.5, 0.6) is 0 Å². The monoisotopic (exact) mass is 310 g/mol. The van der Waals surface area contributed by atoms with Crippen LogP contribution in [0.3, 0.4) is 0 Å². The van der Waals surface area contributed by atoms with Gasteiger partial charge < -0.3 is 10.2 Å². The molecule has 3 rings (SSSR count). The number of hydrogen-bond donors (Lipinski definition) is 1. The Labute approximate surface area is 136 Å². The summed E-state index contributed by atoms with van der Waals surface area (Å²) < 4.78 is 0. The van der Waals surface area contributed by atoms with Crippen LogP contribution in [0.25, 0.3) is 10.8 Å². The smallest absolute Gasteiger partial charge is 0.247 e. The molecule has 0 aromatic heterocycles. The van der Waals surface area contributed by atoms with Crippen molar-refractivity contribution >= 4 is 28.3 Å². The summed E-state index contributed by atoms with van der Waals surface area (Å²) in [5.41, 5.74) is 0.808. The second-order valence-corrected chi connectivity index (χ2v) is 6.01. The average molecular weight is 310 g/mol. The maximum Gasteiger partial charge on any atom is 0.247 e. The van der Waals surface area contributed by atoms with Crippen LogP contribution >= 0.6 is 0 Å². The predicted molar refractivity (Wildman–Crippen MR) is 92.2 cm³/mol. The third-order valence-corrected chi connectivity index (χ3v) is 4.39. The van der Waals surface area contributed by atoms with Crippen LogP contribution in [0.15, 0.2) is 42.5 Å². The minimum Gasteiger partial charge on any atom is -0.331 e. The van der Waals surface area contributed by atoms with E-state index < -0.39 is 0 Å². The van der Waals surface area contributed by atoms with Gasteiger partial charge in [-0.2, -0.15) is 0 Å². The number of amides is 2.